The van der Waals surface area contributed by atoms with Gasteiger partial charge in [0, 0.05) is 12.3 Å². The molecule has 0 aliphatic carbocycles. The van der Waals surface area contributed by atoms with E-state index in [2.05, 4.69) is 15.3 Å². The van der Waals surface area contributed by atoms with E-state index in [-0.39, 0.29) is 6.10 Å². The number of hydrogen-bond donors (Lipinski definition) is 1. The van der Waals surface area contributed by atoms with Crippen molar-refractivity contribution in [1.29, 1.82) is 0 Å². The quantitative estimate of drug-likeness (QED) is 0.768. The molecule has 3 heterocycles. The Bertz CT molecular complexity index is 782. The minimum atomic E-state index is 0.237. The molecular weight excluding hydrogens is 310 g/mol. The lowest BCUT2D eigenvalue weighted by atomic mass is 10.2. The molecule has 23 heavy (non-hydrogen) atoms. The molecule has 0 bridgehead atoms. The van der Waals surface area contributed by atoms with Gasteiger partial charge in [0.2, 0.25) is 0 Å². The molecule has 0 spiro atoms. The van der Waals surface area contributed by atoms with Crippen LogP contribution < -0.4 is 10.1 Å². The Morgan fingerprint density at radius 2 is 2.13 bits per heavy atom. The third-order valence-electron chi connectivity index (χ3n) is 3.84. The summed E-state index contributed by atoms with van der Waals surface area (Å²) in [7, 11) is 0. The zero-order valence-electron chi connectivity index (χ0n) is 12.6. The van der Waals surface area contributed by atoms with Crippen molar-refractivity contribution in [3.63, 3.8) is 0 Å². The van der Waals surface area contributed by atoms with Gasteiger partial charge < -0.3 is 14.8 Å². The largest absolute Gasteiger partial charge is 0.491 e. The average Bonchev–Trinajstić information content (AvgIpc) is 3.26. The van der Waals surface area contributed by atoms with Crippen molar-refractivity contribution in [2.45, 2.75) is 18.9 Å². The highest BCUT2D eigenvalue weighted by Crippen LogP contribution is 2.27. The van der Waals surface area contributed by atoms with Crippen molar-refractivity contribution in [2.24, 2.45) is 0 Å². The van der Waals surface area contributed by atoms with Gasteiger partial charge in [-0.15, -0.1) is 11.3 Å². The Morgan fingerprint density at radius 3 is 2.96 bits per heavy atom. The fourth-order valence-electron chi connectivity index (χ4n) is 2.63. The molecule has 2 aromatic heterocycles. The summed E-state index contributed by atoms with van der Waals surface area (Å²) in [6.45, 7) is 1.47. The van der Waals surface area contributed by atoms with Gasteiger partial charge in [-0.05, 0) is 48.6 Å². The van der Waals surface area contributed by atoms with Gasteiger partial charge in [-0.1, -0.05) is 0 Å². The third kappa shape index (κ3) is 3.28. The predicted octanol–water partition coefficient (Wildman–Crippen LogP) is 3.99. The highest BCUT2D eigenvalue weighted by atomic mass is 32.1. The summed E-state index contributed by atoms with van der Waals surface area (Å²) in [6.07, 6.45) is 4.04. The fourth-order valence-corrected chi connectivity index (χ4v) is 3.36. The van der Waals surface area contributed by atoms with Crippen LogP contribution in [0.15, 0.2) is 42.0 Å². The summed E-state index contributed by atoms with van der Waals surface area (Å²) < 4.78 is 11.3. The second-order valence-corrected chi connectivity index (χ2v) is 6.35. The van der Waals surface area contributed by atoms with Crippen LogP contribution in [-0.2, 0) is 4.74 Å². The number of thiophene rings is 1. The van der Waals surface area contributed by atoms with Crippen LogP contribution in [0.5, 0.6) is 5.75 Å². The molecule has 1 aromatic carbocycles. The van der Waals surface area contributed by atoms with E-state index in [1.54, 1.807) is 17.7 Å². The van der Waals surface area contributed by atoms with Gasteiger partial charge in [0.05, 0.1) is 11.5 Å². The van der Waals surface area contributed by atoms with E-state index in [0.29, 0.717) is 6.61 Å². The van der Waals surface area contributed by atoms with Crippen LogP contribution >= 0.6 is 11.3 Å². The van der Waals surface area contributed by atoms with Crippen molar-refractivity contribution in [3.05, 3.63) is 42.0 Å². The predicted molar refractivity (Wildman–Crippen MR) is 91.6 cm³/mol. The Hall–Kier alpha value is -2.18. The molecule has 1 saturated heterocycles. The number of nitrogens with one attached hydrogen (secondary N) is 1. The first-order chi connectivity index (χ1) is 11.4. The highest BCUT2D eigenvalue weighted by Gasteiger charge is 2.15. The van der Waals surface area contributed by atoms with E-state index >= 15 is 0 Å². The Balaban J connectivity index is 1.42. The van der Waals surface area contributed by atoms with Crippen LogP contribution in [0.25, 0.3) is 10.2 Å². The average molecular weight is 327 g/mol. The smallest absolute Gasteiger partial charge is 0.142 e. The van der Waals surface area contributed by atoms with Crippen LogP contribution in [0.2, 0.25) is 0 Å². The monoisotopic (exact) mass is 327 g/mol. The Labute approximate surface area is 138 Å². The summed E-state index contributed by atoms with van der Waals surface area (Å²) >= 11 is 1.61. The molecule has 5 nitrogen and oxygen atoms in total. The SMILES string of the molecule is c1nc(Nc2ccc(OC[C@H]3CCCO3)cc2)c2ccsc2n1. The van der Waals surface area contributed by atoms with Gasteiger partial charge in [0.1, 0.15) is 29.3 Å². The van der Waals surface area contributed by atoms with Crippen molar-refractivity contribution in [1.82, 2.24) is 9.97 Å². The lowest BCUT2D eigenvalue weighted by Crippen LogP contribution is -2.16. The van der Waals surface area contributed by atoms with Crippen LogP contribution in [-0.4, -0.2) is 29.3 Å². The molecule has 1 N–H and O–H groups in total. The number of benzene rings is 1. The minimum absolute atomic E-state index is 0.237. The second kappa shape index (κ2) is 6.52. The second-order valence-electron chi connectivity index (χ2n) is 5.46. The zero-order chi connectivity index (χ0) is 15.5. The van der Waals surface area contributed by atoms with Crippen LogP contribution in [0.3, 0.4) is 0 Å². The van der Waals surface area contributed by atoms with Crippen molar-refractivity contribution in [3.8, 4) is 5.75 Å². The molecule has 0 radical (unpaired) electrons. The number of hydrogen-bond acceptors (Lipinski definition) is 6. The minimum Gasteiger partial charge on any atom is -0.491 e. The van der Waals surface area contributed by atoms with E-state index in [1.165, 1.54) is 0 Å². The Morgan fingerprint density at radius 1 is 1.22 bits per heavy atom. The number of nitrogens with zero attached hydrogens (tertiary/aromatic N) is 2. The maximum Gasteiger partial charge on any atom is 0.142 e. The number of ether oxygens (including phenoxy) is 2. The van der Waals surface area contributed by atoms with E-state index in [0.717, 1.165) is 46.9 Å². The highest BCUT2D eigenvalue weighted by molar-refractivity contribution is 7.16. The normalized spacial score (nSPS) is 17.5. The molecule has 3 aromatic rings. The van der Waals surface area contributed by atoms with E-state index < -0.39 is 0 Å². The first kappa shape index (κ1) is 14.4. The van der Waals surface area contributed by atoms with Gasteiger partial charge in [0.25, 0.3) is 0 Å². The van der Waals surface area contributed by atoms with Gasteiger partial charge in [0.15, 0.2) is 0 Å². The molecule has 6 heteroatoms. The van der Waals surface area contributed by atoms with Crippen molar-refractivity contribution in [2.75, 3.05) is 18.5 Å². The summed E-state index contributed by atoms with van der Waals surface area (Å²) in [4.78, 5) is 9.56. The number of aromatic nitrogens is 2. The first-order valence-corrected chi connectivity index (χ1v) is 8.56. The number of rotatable bonds is 5. The molecule has 4 rings (SSSR count). The third-order valence-corrected chi connectivity index (χ3v) is 4.66. The fraction of sp³-hybridized carbons (Fsp3) is 0.294. The maximum absolute atomic E-state index is 5.78. The van der Waals surface area contributed by atoms with E-state index in [4.69, 9.17) is 9.47 Å². The lowest BCUT2D eigenvalue weighted by Gasteiger charge is -2.12. The number of anilines is 2. The molecular formula is C17H17N3O2S. The Kier molecular flexibility index (Phi) is 4.08. The van der Waals surface area contributed by atoms with Crippen molar-refractivity contribution < 1.29 is 9.47 Å². The van der Waals surface area contributed by atoms with Gasteiger partial charge >= 0.3 is 0 Å². The topological polar surface area (TPSA) is 56.3 Å². The molecule has 1 aliphatic heterocycles. The zero-order valence-corrected chi connectivity index (χ0v) is 13.4. The molecule has 1 atom stereocenters. The molecule has 1 aliphatic rings. The molecule has 0 saturated carbocycles. The van der Waals surface area contributed by atoms with E-state index in [1.807, 2.05) is 35.7 Å². The molecule has 0 amide bonds. The molecule has 1 fully saturated rings. The standard InChI is InChI=1S/C17H17N3O2S/c1-2-14(21-8-1)10-22-13-5-3-12(4-6-13)20-16-15-7-9-23-17(15)19-11-18-16/h3-7,9,11,14H,1-2,8,10H2,(H,18,19,20)/t14-/m1/s1. The summed E-state index contributed by atoms with van der Waals surface area (Å²) in [6, 6.07) is 9.93. The summed E-state index contributed by atoms with van der Waals surface area (Å²) in [5.41, 5.74) is 0.973. The van der Waals surface area contributed by atoms with Crippen LogP contribution in [0, 0.1) is 0 Å². The summed E-state index contributed by atoms with van der Waals surface area (Å²) in [5.74, 6) is 1.68. The van der Waals surface area contributed by atoms with Gasteiger partial charge in [-0.3, -0.25) is 0 Å². The number of fused-ring (bicyclic) bond motifs is 1. The maximum atomic E-state index is 5.78. The first-order valence-electron chi connectivity index (χ1n) is 7.68. The summed E-state index contributed by atoms with van der Waals surface area (Å²) in [5, 5.41) is 6.39. The van der Waals surface area contributed by atoms with Gasteiger partial charge in [-0.2, -0.15) is 0 Å². The van der Waals surface area contributed by atoms with Gasteiger partial charge in [-0.25, -0.2) is 9.97 Å². The van der Waals surface area contributed by atoms with Crippen LogP contribution in [0.4, 0.5) is 11.5 Å². The van der Waals surface area contributed by atoms with Crippen molar-refractivity contribution >= 4 is 33.1 Å². The van der Waals surface area contributed by atoms with E-state index in [9.17, 15) is 0 Å². The van der Waals surface area contributed by atoms with Crippen LogP contribution in [0.1, 0.15) is 12.8 Å². The lowest BCUT2D eigenvalue weighted by molar-refractivity contribution is 0.0679. The molecule has 118 valence electrons. The molecule has 0 unspecified atom stereocenters.